The molecule has 0 bridgehead atoms. The van der Waals surface area contributed by atoms with Gasteiger partial charge in [0.2, 0.25) is 0 Å². The summed E-state index contributed by atoms with van der Waals surface area (Å²) in [6.45, 7) is 2.23. The molecule has 2 unspecified atom stereocenters. The molecule has 17 heavy (non-hydrogen) atoms. The molecule has 2 aromatic rings. The van der Waals surface area contributed by atoms with E-state index in [4.69, 9.17) is 16.0 Å². The Labute approximate surface area is 106 Å². The van der Waals surface area contributed by atoms with Crippen molar-refractivity contribution in [3.63, 3.8) is 0 Å². The van der Waals surface area contributed by atoms with Gasteiger partial charge in [0.05, 0.1) is 0 Å². The molecule has 2 atom stereocenters. The third-order valence-corrected chi connectivity index (χ3v) is 4.20. The van der Waals surface area contributed by atoms with Crippen LogP contribution in [0, 0.1) is 11.8 Å². The molecule has 1 aliphatic carbocycles. The third-order valence-electron chi connectivity index (χ3n) is 3.64. The summed E-state index contributed by atoms with van der Waals surface area (Å²) in [6, 6.07) is 7.84. The normalized spacial score (nSPS) is 19.4. The summed E-state index contributed by atoms with van der Waals surface area (Å²) in [5.41, 5.74) is 1.77. The number of alkyl halides is 1. The van der Waals surface area contributed by atoms with Crippen molar-refractivity contribution in [2.24, 2.45) is 11.8 Å². The second-order valence-electron chi connectivity index (χ2n) is 4.99. The van der Waals surface area contributed by atoms with Gasteiger partial charge in [-0.05, 0) is 36.8 Å². The number of hydrogen-bond acceptors (Lipinski definition) is 2. The molecule has 0 radical (unpaired) electrons. The second-order valence-corrected chi connectivity index (χ2v) is 5.55. The third kappa shape index (κ3) is 2.32. The predicted octanol–water partition coefficient (Wildman–Crippen LogP) is 4.02. The standard InChI is InChI=1S/C14H16ClNO/c1-9(10-6-7-10)11(15)8-14-16-12-4-2-3-5-13(12)17-14/h2-5,9-11H,6-8H2,1H3. The molecule has 0 aliphatic heterocycles. The number of aromatic nitrogens is 1. The average molecular weight is 250 g/mol. The number of para-hydroxylation sites is 2. The highest BCUT2D eigenvalue weighted by molar-refractivity contribution is 6.20. The largest absolute Gasteiger partial charge is 0.441 e. The predicted molar refractivity (Wildman–Crippen MR) is 69.2 cm³/mol. The molecular weight excluding hydrogens is 234 g/mol. The van der Waals surface area contributed by atoms with Gasteiger partial charge < -0.3 is 4.42 Å². The van der Waals surface area contributed by atoms with Crippen LogP contribution in [0.4, 0.5) is 0 Å². The van der Waals surface area contributed by atoms with E-state index in [-0.39, 0.29) is 5.38 Å². The first-order valence-corrected chi connectivity index (χ1v) is 6.66. The minimum atomic E-state index is 0.135. The second kappa shape index (κ2) is 4.34. The molecule has 3 rings (SSSR count). The van der Waals surface area contributed by atoms with Gasteiger partial charge in [-0.15, -0.1) is 11.6 Å². The highest BCUT2D eigenvalue weighted by Gasteiger charge is 2.33. The van der Waals surface area contributed by atoms with Crippen molar-refractivity contribution in [1.29, 1.82) is 0 Å². The van der Waals surface area contributed by atoms with E-state index in [1.807, 2.05) is 24.3 Å². The van der Waals surface area contributed by atoms with E-state index in [1.165, 1.54) is 12.8 Å². The van der Waals surface area contributed by atoms with E-state index in [1.54, 1.807) is 0 Å². The highest BCUT2D eigenvalue weighted by Crippen LogP contribution is 2.40. The van der Waals surface area contributed by atoms with Crippen LogP contribution in [-0.4, -0.2) is 10.4 Å². The van der Waals surface area contributed by atoms with Crippen molar-refractivity contribution in [3.8, 4) is 0 Å². The summed E-state index contributed by atoms with van der Waals surface area (Å²) in [6.07, 6.45) is 3.39. The fourth-order valence-corrected chi connectivity index (χ4v) is 2.62. The van der Waals surface area contributed by atoms with Gasteiger partial charge in [0.25, 0.3) is 0 Å². The number of fused-ring (bicyclic) bond motifs is 1. The van der Waals surface area contributed by atoms with Gasteiger partial charge >= 0.3 is 0 Å². The number of oxazole rings is 1. The molecule has 1 aliphatic rings. The molecule has 1 saturated carbocycles. The number of hydrogen-bond donors (Lipinski definition) is 0. The molecule has 1 aromatic heterocycles. The van der Waals surface area contributed by atoms with E-state index in [9.17, 15) is 0 Å². The molecule has 3 heteroatoms. The Morgan fingerprint density at radius 1 is 1.41 bits per heavy atom. The van der Waals surface area contributed by atoms with Crippen LogP contribution in [0.25, 0.3) is 11.1 Å². The maximum absolute atomic E-state index is 6.43. The van der Waals surface area contributed by atoms with Gasteiger partial charge in [0, 0.05) is 11.8 Å². The summed E-state index contributed by atoms with van der Waals surface area (Å²) in [5.74, 6) is 2.15. The monoisotopic (exact) mass is 249 g/mol. The molecule has 0 amide bonds. The Morgan fingerprint density at radius 3 is 2.88 bits per heavy atom. The number of rotatable bonds is 4. The van der Waals surface area contributed by atoms with Gasteiger partial charge in [0.1, 0.15) is 5.52 Å². The van der Waals surface area contributed by atoms with Crippen LogP contribution in [0.5, 0.6) is 0 Å². The van der Waals surface area contributed by atoms with E-state index in [0.29, 0.717) is 5.92 Å². The lowest BCUT2D eigenvalue weighted by Crippen LogP contribution is -2.16. The van der Waals surface area contributed by atoms with Crippen molar-refractivity contribution >= 4 is 22.7 Å². The summed E-state index contributed by atoms with van der Waals surface area (Å²) >= 11 is 6.43. The first kappa shape index (κ1) is 11.1. The molecule has 2 nitrogen and oxygen atoms in total. The number of benzene rings is 1. The first-order chi connectivity index (χ1) is 8.24. The molecule has 90 valence electrons. The summed E-state index contributed by atoms with van der Waals surface area (Å²) < 4.78 is 5.69. The zero-order chi connectivity index (χ0) is 11.8. The highest BCUT2D eigenvalue weighted by atomic mass is 35.5. The molecule has 1 aromatic carbocycles. The average Bonchev–Trinajstić information content (AvgIpc) is 3.08. The maximum atomic E-state index is 6.43. The number of nitrogens with zero attached hydrogens (tertiary/aromatic N) is 1. The molecule has 0 saturated heterocycles. The smallest absolute Gasteiger partial charge is 0.196 e. The fraction of sp³-hybridized carbons (Fsp3) is 0.500. The molecule has 1 fully saturated rings. The molecule has 0 N–H and O–H groups in total. The molecule has 1 heterocycles. The minimum absolute atomic E-state index is 0.135. The van der Waals surface area contributed by atoms with Crippen LogP contribution in [0.1, 0.15) is 25.7 Å². The lowest BCUT2D eigenvalue weighted by Gasteiger charge is -2.15. The van der Waals surface area contributed by atoms with Crippen LogP contribution < -0.4 is 0 Å². The van der Waals surface area contributed by atoms with Crippen LogP contribution >= 0.6 is 11.6 Å². The summed E-state index contributed by atoms with van der Waals surface area (Å²) in [4.78, 5) is 4.46. The topological polar surface area (TPSA) is 26.0 Å². The molecule has 0 spiro atoms. The summed E-state index contributed by atoms with van der Waals surface area (Å²) in [7, 11) is 0. The van der Waals surface area contributed by atoms with E-state index in [0.717, 1.165) is 29.3 Å². The van der Waals surface area contributed by atoms with E-state index < -0.39 is 0 Å². The Kier molecular flexibility index (Phi) is 2.83. The van der Waals surface area contributed by atoms with Crippen molar-refractivity contribution < 1.29 is 4.42 Å². The van der Waals surface area contributed by atoms with Gasteiger partial charge in [0.15, 0.2) is 11.5 Å². The SMILES string of the molecule is CC(C(Cl)Cc1nc2ccccc2o1)C1CC1. The van der Waals surface area contributed by atoms with Gasteiger partial charge in [-0.3, -0.25) is 0 Å². The van der Waals surface area contributed by atoms with E-state index >= 15 is 0 Å². The van der Waals surface area contributed by atoms with Gasteiger partial charge in [-0.25, -0.2) is 4.98 Å². The zero-order valence-corrected chi connectivity index (χ0v) is 10.7. The van der Waals surface area contributed by atoms with Crippen molar-refractivity contribution in [1.82, 2.24) is 4.98 Å². The van der Waals surface area contributed by atoms with Gasteiger partial charge in [-0.1, -0.05) is 19.1 Å². The first-order valence-electron chi connectivity index (χ1n) is 6.22. The van der Waals surface area contributed by atoms with Crippen molar-refractivity contribution in [2.75, 3.05) is 0 Å². The summed E-state index contributed by atoms with van der Waals surface area (Å²) in [5, 5.41) is 0.135. The van der Waals surface area contributed by atoms with Crippen molar-refractivity contribution in [2.45, 2.75) is 31.6 Å². The van der Waals surface area contributed by atoms with Crippen LogP contribution in [-0.2, 0) is 6.42 Å². The zero-order valence-electron chi connectivity index (χ0n) is 9.90. The van der Waals surface area contributed by atoms with Gasteiger partial charge in [-0.2, -0.15) is 0 Å². The molecular formula is C14H16ClNO. The van der Waals surface area contributed by atoms with E-state index in [2.05, 4.69) is 11.9 Å². The lowest BCUT2D eigenvalue weighted by atomic mass is 10.00. The Bertz CT molecular complexity index is 485. The maximum Gasteiger partial charge on any atom is 0.196 e. The van der Waals surface area contributed by atoms with Crippen LogP contribution in [0.15, 0.2) is 28.7 Å². The number of halogens is 1. The quantitative estimate of drug-likeness (QED) is 0.765. The Balaban J connectivity index is 1.75. The van der Waals surface area contributed by atoms with Crippen LogP contribution in [0.3, 0.4) is 0 Å². The minimum Gasteiger partial charge on any atom is -0.441 e. The van der Waals surface area contributed by atoms with Crippen LogP contribution in [0.2, 0.25) is 0 Å². The lowest BCUT2D eigenvalue weighted by molar-refractivity contribution is 0.439. The Morgan fingerprint density at radius 2 is 2.18 bits per heavy atom. The fourth-order valence-electron chi connectivity index (χ4n) is 2.28. The Hall–Kier alpha value is -1.02. The van der Waals surface area contributed by atoms with Crippen molar-refractivity contribution in [3.05, 3.63) is 30.2 Å².